The molecule has 0 saturated heterocycles. The first-order valence-corrected chi connectivity index (χ1v) is 13.9. The maximum Gasteiger partial charge on any atom is 0.408 e. The summed E-state index contributed by atoms with van der Waals surface area (Å²) in [6, 6.07) is 20.2. The number of ether oxygens (including phenoxy) is 1. The van der Waals surface area contributed by atoms with E-state index in [1.54, 1.807) is 37.8 Å². The van der Waals surface area contributed by atoms with Crippen LogP contribution < -0.4 is 16.4 Å². The lowest BCUT2D eigenvalue weighted by atomic mass is 10.0. The van der Waals surface area contributed by atoms with Gasteiger partial charge in [0.2, 0.25) is 11.8 Å². The molecule has 4 amide bonds. The Labute approximate surface area is 240 Å². The van der Waals surface area contributed by atoms with Crippen LogP contribution in [0.5, 0.6) is 0 Å². The van der Waals surface area contributed by atoms with E-state index in [2.05, 4.69) is 10.6 Å². The number of benzene rings is 3. The van der Waals surface area contributed by atoms with Crippen LogP contribution in [0, 0.1) is 5.92 Å². The third kappa shape index (κ3) is 7.84. The average Bonchev–Trinajstić information content (AvgIpc) is 3.63. The Hall–Kier alpha value is -4.40. The highest BCUT2D eigenvalue weighted by Gasteiger charge is 2.48. The van der Waals surface area contributed by atoms with Crippen LogP contribution in [0.15, 0.2) is 72.8 Å². The van der Waals surface area contributed by atoms with Gasteiger partial charge >= 0.3 is 6.09 Å². The van der Waals surface area contributed by atoms with Crippen molar-refractivity contribution < 1.29 is 23.9 Å². The molecule has 0 bridgehead atoms. The standard InChI is InChI=1S/C32H38N4O5/c1-20-18-26(20)36(30(39)25(16-17-27(33)37)35-31(40)41-32(2,3)4)28(22-11-6-5-7-12-22)29(38)34-24-15-14-21-10-8-9-13-23(21)19-24/h5-15,19-20,25-26,28H,16-18H2,1-4H3,(H2,33,37)(H,34,38)(H,35,40). The zero-order valence-corrected chi connectivity index (χ0v) is 23.9. The lowest BCUT2D eigenvalue weighted by molar-refractivity contribution is -0.142. The van der Waals surface area contributed by atoms with Crippen LogP contribution in [0.2, 0.25) is 0 Å². The molecular weight excluding hydrogens is 520 g/mol. The number of carbonyl (C=O) groups is 4. The van der Waals surface area contributed by atoms with Crippen molar-refractivity contribution in [2.45, 2.75) is 70.7 Å². The molecule has 4 rings (SSSR count). The average molecular weight is 559 g/mol. The number of anilines is 1. The first-order valence-electron chi connectivity index (χ1n) is 13.9. The normalized spacial score (nSPS) is 17.7. The number of nitrogens with zero attached hydrogens (tertiary/aromatic N) is 1. The minimum atomic E-state index is -1.12. The first-order chi connectivity index (χ1) is 19.4. The van der Waals surface area contributed by atoms with Crippen LogP contribution in [0.4, 0.5) is 10.5 Å². The number of hydrogen-bond donors (Lipinski definition) is 3. The molecule has 41 heavy (non-hydrogen) atoms. The number of nitrogens with two attached hydrogens (primary N) is 1. The number of carbonyl (C=O) groups excluding carboxylic acids is 4. The van der Waals surface area contributed by atoms with Crippen molar-refractivity contribution in [1.82, 2.24) is 10.2 Å². The number of amides is 4. The zero-order chi connectivity index (χ0) is 29.7. The van der Waals surface area contributed by atoms with E-state index < -0.39 is 35.6 Å². The van der Waals surface area contributed by atoms with Gasteiger partial charge in [0.05, 0.1) is 0 Å². The van der Waals surface area contributed by atoms with Crippen molar-refractivity contribution in [3.8, 4) is 0 Å². The van der Waals surface area contributed by atoms with Crippen molar-refractivity contribution in [2.24, 2.45) is 11.7 Å². The Morgan fingerprint density at radius 2 is 1.61 bits per heavy atom. The molecular formula is C32H38N4O5. The van der Waals surface area contributed by atoms with Crippen LogP contribution in [0.25, 0.3) is 10.8 Å². The number of nitrogens with one attached hydrogen (secondary N) is 2. The van der Waals surface area contributed by atoms with Crippen LogP contribution in [0.1, 0.15) is 58.6 Å². The molecule has 9 nitrogen and oxygen atoms in total. The summed E-state index contributed by atoms with van der Waals surface area (Å²) in [5.74, 6) is -1.32. The van der Waals surface area contributed by atoms with E-state index in [1.807, 2.05) is 67.6 Å². The van der Waals surface area contributed by atoms with Gasteiger partial charge in [-0.15, -0.1) is 0 Å². The molecule has 1 aliphatic carbocycles. The summed E-state index contributed by atoms with van der Waals surface area (Å²) in [4.78, 5) is 54.2. The lowest BCUT2D eigenvalue weighted by Gasteiger charge is -2.35. The Kier molecular flexibility index (Phi) is 8.95. The largest absolute Gasteiger partial charge is 0.444 e. The Morgan fingerprint density at radius 1 is 0.976 bits per heavy atom. The van der Waals surface area contributed by atoms with Crippen molar-refractivity contribution in [3.63, 3.8) is 0 Å². The topological polar surface area (TPSA) is 131 Å². The molecule has 4 N–H and O–H groups in total. The summed E-state index contributed by atoms with van der Waals surface area (Å²) in [6.45, 7) is 7.16. The van der Waals surface area contributed by atoms with Crippen molar-refractivity contribution in [3.05, 3.63) is 78.4 Å². The molecule has 0 spiro atoms. The highest BCUT2D eigenvalue weighted by Crippen LogP contribution is 2.41. The predicted molar refractivity (Wildman–Crippen MR) is 158 cm³/mol. The van der Waals surface area contributed by atoms with Crippen molar-refractivity contribution in [1.29, 1.82) is 0 Å². The van der Waals surface area contributed by atoms with E-state index in [4.69, 9.17) is 10.5 Å². The van der Waals surface area contributed by atoms with Gasteiger partial charge in [-0.1, -0.05) is 67.6 Å². The highest BCUT2D eigenvalue weighted by molar-refractivity contribution is 6.00. The van der Waals surface area contributed by atoms with Crippen LogP contribution in [-0.4, -0.2) is 46.4 Å². The van der Waals surface area contributed by atoms with Crippen molar-refractivity contribution >= 4 is 40.3 Å². The third-order valence-corrected chi connectivity index (χ3v) is 7.01. The fourth-order valence-corrected chi connectivity index (χ4v) is 4.90. The fourth-order valence-electron chi connectivity index (χ4n) is 4.90. The minimum absolute atomic E-state index is 0.0290. The second-order valence-corrected chi connectivity index (χ2v) is 11.6. The summed E-state index contributed by atoms with van der Waals surface area (Å²) < 4.78 is 5.39. The van der Waals surface area contributed by atoms with E-state index in [1.165, 1.54) is 0 Å². The van der Waals surface area contributed by atoms with Crippen LogP contribution in [-0.2, 0) is 19.1 Å². The van der Waals surface area contributed by atoms with Crippen LogP contribution in [0.3, 0.4) is 0 Å². The number of rotatable bonds is 10. The molecule has 0 radical (unpaired) electrons. The Morgan fingerprint density at radius 3 is 2.22 bits per heavy atom. The SMILES string of the molecule is CC1CC1N(C(=O)C(CCC(N)=O)NC(=O)OC(C)(C)C)C(C(=O)Nc1ccc2ccccc2c1)c1ccccc1. The first kappa shape index (κ1) is 29.6. The second-order valence-electron chi connectivity index (χ2n) is 11.6. The molecule has 0 aliphatic heterocycles. The van der Waals surface area contributed by atoms with Gasteiger partial charge in [0.15, 0.2) is 0 Å². The van der Waals surface area contributed by atoms with Gasteiger partial charge in [0.1, 0.15) is 17.7 Å². The summed E-state index contributed by atoms with van der Waals surface area (Å²) >= 11 is 0. The van der Waals surface area contributed by atoms with E-state index >= 15 is 0 Å². The van der Waals surface area contributed by atoms with Gasteiger partial charge in [0, 0.05) is 18.2 Å². The van der Waals surface area contributed by atoms with E-state index in [-0.39, 0.29) is 30.7 Å². The molecule has 0 aromatic heterocycles. The van der Waals surface area contributed by atoms with Crippen molar-refractivity contribution in [2.75, 3.05) is 5.32 Å². The highest BCUT2D eigenvalue weighted by atomic mass is 16.6. The molecule has 4 atom stereocenters. The summed E-state index contributed by atoms with van der Waals surface area (Å²) in [7, 11) is 0. The second kappa shape index (κ2) is 12.4. The monoisotopic (exact) mass is 558 g/mol. The molecule has 1 aliphatic rings. The maximum atomic E-state index is 14.3. The van der Waals surface area contributed by atoms with Gasteiger partial charge < -0.3 is 26.0 Å². The van der Waals surface area contributed by atoms with E-state index in [0.717, 1.165) is 10.8 Å². The maximum absolute atomic E-state index is 14.3. The molecule has 0 heterocycles. The number of fused-ring (bicyclic) bond motifs is 1. The quantitative estimate of drug-likeness (QED) is 0.325. The Balaban J connectivity index is 1.69. The Bertz CT molecular complexity index is 1420. The molecule has 1 fully saturated rings. The van der Waals surface area contributed by atoms with E-state index in [0.29, 0.717) is 17.7 Å². The van der Waals surface area contributed by atoms with Gasteiger partial charge in [-0.2, -0.15) is 0 Å². The third-order valence-electron chi connectivity index (χ3n) is 7.01. The molecule has 3 aromatic carbocycles. The predicted octanol–water partition coefficient (Wildman–Crippen LogP) is 4.92. The summed E-state index contributed by atoms with van der Waals surface area (Å²) in [5, 5.41) is 7.65. The van der Waals surface area contributed by atoms with Crippen LogP contribution >= 0.6 is 0 Å². The van der Waals surface area contributed by atoms with Gasteiger partial charge in [-0.05, 0) is 68.0 Å². The molecule has 9 heteroatoms. The number of alkyl carbamates (subject to hydrolysis) is 1. The van der Waals surface area contributed by atoms with Gasteiger partial charge in [0.25, 0.3) is 5.91 Å². The molecule has 4 unspecified atom stereocenters. The van der Waals surface area contributed by atoms with Gasteiger partial charge in [-0.25, -0.2) is 4.79 Å². The zero-order valence-electron chi connectivity index (χ0n) is 23.9. The lowest BCUT2D eigenvalue weighted by Crippen LogP contribution is -2.53. The molecule has 3 aromatic rings. The number of hydrogen-bond acceptors (Lipinski definition) is 5. The van der Waals surface area contributed by atoms with E-state index in [9.17, 15) is 19.2 Å². The molecule has 216 valence electrons. The minimum Gasteiger partial charge on any atom is -0.444 e. The fraction of sp³-hybridized carbons (Fsp3) is 0.375. The number of primary amides is 1. The van der Waals surface area contributed by atoms with Gasteiger partial charge in [-0.3, -0.25) is 14.4 Å². The smallest absolute Gasteiger partial charge is 0.408 e. The summed E-state index contributed by atoms with van der Waals surface area (Å²) in [5.41, 5.74) is 5.83. The molecule has 1 saturated carbocycles. The summed E-state index contributed by atoms with van der Waals surface area (Å²) in [6.07, 6.45) is -0.243.